The van der Waals surface area contributed by atoms with Gasteiger partial charge >= 0.3 is 0 Å². The molecule has 0 saturated carbocycles. The van der Waals surface area contributed by atoms with Crippen LogP contribution in [-0.2, 0) is 6.42 Å². The molecule has 0 spiro atoms. The van der Waals surface area contributed by atoms with Gasteiger partial charge in [-0.05, 0) is 5.56 Å². The van der Waals surface area contributed by atoms with Crippen LogP contribution in [0.25, 0.3) is 0 Å². The minimum absolute atomic E-state index is 0.900. The van der Waals surface area contributed by atoms with Crippen LogP contribution in [0.15, 0.2) is 42.1 Å². The van der Waals surface area contributed by atoms with Gasteiger partial charge in [0.1, 0.15) is 0 Å². The third-order valence-electron chi connectivity index (χ3n) is 2.07. The maximum absolute atomic E-state index is 5.05. The molecule has 1 N–H and O–H groups in total. The first-order chi connectivity index (χ1) is 6.34. The molecule has 2 heteroatoms. The average Bonchev–Trinajstić information content (AvgIpc) is 2.53. The van der Waals surface area contributed by atoms with E-state index in [-0.39, 0.29) is 0 Å². The minimum Gasteiger partial charge on any atom is -0.353 e. The SMILES string of the molecule is S=C1CC=C(Cc2ccccc2)N1. The van der Waals surface area contributed by atoms with Gasteiger partial charge in [-0.1, -0.05) is 48.6 Å². The zero-order chi connectivity index (χ0) is 9.10. The molecule has 1 aromatic rings. The van der Waals surface area contributed by atoms with E-state index >= 15 is 0 Å². The molecule has 66 valence electrons. The molecule has 0 atom stereocenters. The van der Waals surface area contributed by atoms with Crippen molar-refractivity contribution in [3.05, 3.63) is 47.7 Å². The van der Waals surface area contributed by atoms with Crippen molar-refractivity contribution in [2.24, 2.45) is 0 Å². The first kappa shape index (κ1) is 8.45. The van der Waals surface area contributed by atoms with E-state index in [4.69, 9.17) is 12.2 Å². The Labute approximate surface area is 83.5 Å². The Morgan fingerprint density at radius 1 is 1.23 bits per heavy atom. The summed E-state index contributed by atoms with van der Waals surface area (Å²) in [7, 11) is 0. The fourth-order valence-electron chi connectivity index (χ4n) is 1.43. The molecule has 13 heavy (non-hydrogen) atoms. The molecule has 2 rings (SSSR count). The van der Waals surface area contributed by atoms with E-state index < -0.39 is 0 Å². The number of hydrogen-bond acceptors (Lipinski definition) is 1. The van der Waals surface area contributed by atoms with E-state index in [1.807, 2.05) is 6.07 Å². The molecule has 1 aromatic carbocycles. The van der Waals surface area contributed by atoms with Crippen molar-refractivity contribution in [3.63, 3.8) is 0 Å². The molecular formula is C11H11NS. The van der Waals surface area contributed by atoms with E-state index in [1.54, 1.807) is 0 Å². The second kappa shape index (κ2) is 3.71. The maximum Gasteiger partial charge on any atom is 0.0833 e. The lowest BCUT2D eigenvalue weighted by molar-refractivity contribution is 1.04. The second-order valence-corrected chi connectivity index (χ2v) is 3.64. The van der Waals surface area contributed by atoms with Crippen LogP contribution in [0.2, 0.25) is 0 Å². The summed E-state index contributed by atoms with van der Waals surface area (Å²) >= 11 is 5.05. The fraction of sp³-hybridized carbons (Fsp3) is 0.182. The number of thiocarbonyl (C=S) groups is 1. The quantitative estimate of drug-likeness (QED) is 0.717. The normalized spacial score (nSPS) is 15.4. The summed E-state index contributed by atoms with van der Waals surface area (Å²) in [5.41, 5.74) is 2.56. The summed E-state index contributed by atoms with van der Waals surface area (Å²) in [5, 5.41) is 3.19. The van der Waals surface area contributed by atoms with Crippen molar-refractivity contribution in [1.82, 2.24) is 5.32 Å². The van der Waals surface area contributed by atoms with Crippen LogP contribution < -0.4 is 5.32 Å². The Kier molecular flexibility index (Phi) is 2.41. The summed E-state index contributed by atoms with van der Waals surface area (Å²) in [6.07, 6.45) is 4.02. The van der Waals surface area contributed by atoms with Gasteiger partial charge in [-0.15, -0.1) is 0 Å². The largest absolute Gasteiger partial charge is 0.353 e. The lowest BCUT2D eigenvalue weighted by Crippen LogP contribution is -2.14. The topological polar surface area (TPSA) is 12.0 Å². The van der Waals surface area contributed by atoms with Crippen LogP contribution in [0.4, 0.5) is 0 Å². The maximum atomic E-state index is 5.05. The molecule has 0 bridgehead atoms. The van der Waals surface area contributed by atoms with Crippen LogP contribution >= 0.6 is 12.2 Å². The number of hydrogen-bond donors (Lipinski definition) is 1. The monoisotopic (exact) mass is 189 g/mol. The number of nitrogens with one attached hydrogen (secondary N) is 1. The molecule has 0 fully saturated rings. The van der Waals surface area contributed by atoms with Crippen molar-refractivity contribution in [2.75, 3.05) is 0 Å². The molecule has 0 radical (unpaired) electrons. The highest BCUT2D eigenvalue weighted by Crippen LogP contribution is 2.11. The van der Waals surface area contributed by atoms with Crippen molar-refractivity contribution in [2.45, 2.75) is 12.8 Å². The summed E-state index contributed by atoms with van der Waals surface area (Å²) in [5.74, 6) is 0. The Morgan fingerprint density at radius 3 is 2.62 bits per heavy atom. The van der Waals surface area contributed by atoms with Crippen LogP contribution in [0.3, 0.4) is 0 Å². The molecule has 0 unspecified atom stereocenters. The smallest absolute Gasteiger partial charge is 0.0833 e. The van der Waals surface area contributed by atoms with Gasteiger partial charge < -0.3 is 5.32 Å². The Morgan fingerprint density at radius 2 is 2.00 bits per heavy atom. The molecular weight excluding hydrogens is 178 g/mol. The minimum atomic E-state index is 0.900. The first-order valence-corrected chi connectivity index (χ1v) is 4.78. The highest BCUT2D eigenvalue weighted by molar-refractivity contribution is 7.80. The third kappa shape index (κ3) is 2.16. The van der Waals surface area contributed by atoms with Gasteiger partial charge in [0.25, 0.3) is 0 Å². The van der Waals surface area contributed by atoms with Crippen molar-refractivity contribution >= 4 is 17.2 Å². The van der Waals surface area contributed by atoms with E-state index in [9.17, 15) is 0 Å². The molecule has 1 nitrogen and oxygen atoms in total. The van der Waals surface area contributed by atoms with Gasteiger partial charge in [-0.2, -0.15) is 0 Å². The van der Waals surface area contributed by atoms with Gasteiger partial charge in [0.05, 0.1) is 4.99 Å². The predicted molar refractivity (Wildman–Crippen MR) is 58.6 cm³/mol. The average molecular weight is 189 g/mol. The molecule has 0 aliphatic carbocycles. The molecule has 1 aliphatic rings. The Hall–Kier alpha value is -1.15. The van der Waals surface area contributed by atoms with Gasteiger partial charge in [-0.3, -0.25) is 0 Å². The van der Waals surface area contributed by atoms with Gasteiger partial charge in [0, 0.05) is 18.5 Å². The van der Waals surface area contributed by atoms with Crippen molar-refractivity contribution < 1.29 is 0 Å². The first-order valence-electron chi connectivity index (χ1n) is 4.37. The lowest BCUT2D eigenvalue weighted by Gasteiger charge is -2.03. The second-order valence-electron chi connectivity index (χ2n) is 3.14. The molecule has 0 saturated heterocycles. The zero-order valence-electron chi connectivity index (χ0n) is 7.29. The van der Waals surface area contributed by atoms with Gasteiger partial charge in [-0.25, -0.2) is 0 Å². The number of benzene rings is 1. The molecule has 1 aliphatic heterocycles. The summed E-state index contributed by atoms with van der Waals surface area (Å²) in [6.45, 7) is 0. The van der Waals surface area contributed by atoms with Crippen LogP contribution in [0.1, 0.15) is 12.0 Å². The molecule has 1 heterocycles. The van der Waals surface area contributed by atoms with E-state index in [1.165, 1.54) is 11.3 Å². The molecule has 0 aromatic heterocycles. The summed E-state index contributed by atoms with van der Waals surface area (Å²) < 4.78 is 0. The Bertz CT molecular complexity index is 340. The predicted octanol–water partition coefficient (Wildman–Crippen LogP) is 2.43. The van der Waals surface area contributed by atoms with E-state index in [0.717, 1.165) is 17.8 Å². The van der Waals surface area contributed by atoms with Crippen molar-refractivity contribution in [3.8, 4) is 0 Å². The van der Waals surface area contributed by atoms with Gasteiger partial charge in [0.15, 0.2) is 0 Å². The summed E-state index contributed by atoms with van der Waals surface area (Å²) in [6, 6.07) is 10.4. The van der Waals surface area contributed by atoms with Crippen LogP contribution in [0, 0.1) is 0 Å². The summed E-state index contributed by atoms with van der Waals surface area (Å²) in [4.78, 5) is 0.936. The Balaban J connectivity index is 2.04. The highest BCUT2D eigenvalue weighted by atomic mass is 32.1. The standard InChI is InChI=1S/C11H11NS/c13-11-7-6-10(12-11)8-9-4-2-1-3-5-9/h1-6H,7-8H2,(H,12,13). The fourth-order valence-corrected chi connectivity index (χ4v) is 1.64. The van der Waals surface area contributed by atoms with Gasteiger partial charge in [0.2, 0.25) is 0 Å². The highest BCUT2D eigenvalue weighted by Gasteiger charge is 2.07. The third-order valence-corrected chi connectivity index (χ3v) is 2.34. The zero-order valence-corrected chi connectivity index (χ0v) is 8.10. The van der Waals surface area contributed by atoms with Crippen LogP contribution in [-0.4, -0.2) is 4.99 Å². The molecule has 0 amide bonds. The lowest BCUT2D eigenvalue weighted by atomic mass is 10.1. The van der Waals surface area contributed by atoms with Crippen molar-refractivity contribution in [1.29, 1.82) is 0 Å². The van der Waals surface area contributed by atoms with Crippen LogP contribution in [0.5, 0.6) is 0 Å². The van der Waals surface area contributed by atoms with E-state index in [0.29, 0.717) is 0 Å². The number of rotatable bonds is 2. The van der Waals surface area contributed by atoms with E-state index in [2.05, 4.69) is 35.7 Å². The number of allylic oxidation sites excluding steroid dienone is 1.